The van der Waals surface area contributed by atoms with E-state index in [9.17, 15) is 69.0 Å². The summed E-state index contributed by atoms with van der Waals surface area (Å²) in [5.74, 6) is -19.8. The lowest BCUT2D eigenvalue weighted by Crippen LogP contribution is -2.57. The number of ketones is 3. The van der Waals surface area contributed by atoms with Crippen molar-refractivity contribution in [1.82, 2.24) is 0 Å². The van der Waals surface area contributed by atoms with Gasteiger partial charge in [0.05, 0.1) is 48.3 Å². The second-order valence-electron chi connectivity index (χ2n) is 16.1. The van der Waals surface area contributed by atoms with Gasteiger partial charge in [0.25, 0.3) is 0 Å². The van der Waals surface area contributed by atoms with E-state index in [1.54, 1.807) is 0 Å². The molecular weight excluding hydrogens is 824 g/mol. The number of aliphatic carboxylic acids is 1. The van der Waals surface area contributed by atoms with Crippen molar-refractivity contribution < 1.29 is 97.5 Å². The van der Waals surface area contributed by atoms with Crippen LogP contribution in [0.4, 0.5) is 0 Å². The van der Waals surface area contributed by atoms with Gasteiger partial charge in [-0.1, -0.05) is 0 Å². The summed E-state index contributed by atoms with van der Waals surface area (Å²) in [6.45, 7) is 7.60. The number of aliphatic hydroxyl groups excluding tert-OH is 4. The third kappa shape index (κ3) is 12.3. The predicted molar refractivity (Wildman–Crippen MR) is 208 cm³/mol. The number of carbonyl (C=O) groups is 9. The minimum Gasteiger partial charge on any atom is -0.481 e. The first-order chi connectivity index (χ1) is 28.9. The number of esters is 5. The Bertz CT molecular complexity index is 1820. The van der Waals surface area contributed by atoms with Crippen molar-refractivity contribution in [2.45, 2.75) is 147 Å². The standard InChI is InChI=1S/C42H56O20/c1-20(58-32(49)14-11-28(45)23(4)43)7-9-26(44)19-27(37(52)53)42-36-35(31(48)10-8-21(2)59-33(50)15-12-29(46)24(5)61-38(36)54)41(57,39(42)55)18-17-22(3)60-34(51)16-13-30(47)25(6)62-40(42)56/h11-16,20-25,27-30,35-36,43,45-47,57H,7-10,17-19H2,1-6H3,(H,52,53)/b14-11+,15-12?,16-13?/t20-,21-,22-,23-,24-,25-,27-,28+,29+,30+,35-,36+,41-,42-/m0/s1. The van der Waals surface area contributed by atoms with Gasteiger partial charge in [0.1, 0.15) is 41.6 Å². The van der Waals surface area contributed by atoms with Gasteiger partial charge < -0.3 is 54.3 Å². The van der Waals surface area contributed by atoms with E-state index in [1.165, 1.54) is 27.7 Å². The Labute approximate surface area is 356 Å². The molecule has 0 unspecified atom stereocenters. The van der Waals surface area contributed by atoms with E-state index in [0.29, 0.717) is 0 Å². The fraction of sp³-hybridized carbons (Fsp3) is 0.643. The van der Waals surface area contributed by atoms with Crippen molar-refractivity contribution in [1.29, 1.82) is 0 Å². The molecule has 1 fully saturated rings. The summed E-state index contributed by atoms with van der Waals surface area (Å²) in [4.78, 5) is 124. The molecule has 0 aromatic heterocycles. The van der Waals surface area contributed by atoms with Crippen LogP contribution in [0.1, 0.15) is 86.5 Å². The van der Waals surface area contributed by atoms with Gasteiger partial charge in [-0.25, -0.2) is 14.4 Å². The van der Waals surface area contributed by atoms with Crippen LogP contribution < -0.4 is 0 Å². The molecular formula is C42H56O20. The fourth-order valence-corrected chi connectivity index (χ4v) is 7.58. The summed E-state index contributed by atoms with van der Waals surface area (Å²) in [6.07, 6.45) is -11.8. The number of cyclic esters (lactones) is 4. The molecule has 14 atom stereocenters. The lowest BCUT2D eigenvalue weighted by atomic mass is 9.63. The minimum atomic E-state index is -3.47. The number of rotatable bonds is 11. The van der Waals surface area contributed by atoms with Crippen LogP contribution in [-0.4, -0.2) is 144 Å². The molecule has 62 heavy (non-hydrogen) atoms. The maximum Gasteiger partial charge on any atom is 0.330 e. The fourth-order valence-electron chi connectivity index (χ4n) is 7.58. The molecule has 0 aromatic rings. The second kappa shape index (κ2) is 21.8. The highest BCUT2D eigenvalue weighted by molar-refractivity contribution is 6.19. The normalized spacial score (nSPS) is 33.7. The lowest BCUT2D eigenvalue weighted by molar-refractivity contribution is -0.188. The van der Waals surface area contributed by atoms with E-state index >= 15 is 4.79 Å². The van der Waals surface area contributed by atoms with Crippen LogP contribution in [0.3, 0.4) is 0 Å². The van der Waals surface area contributed by atoms with Gasteiger partial charge in [0.15, 0.2) is 11.2 Å². The molecule has 0 aromatic carbocycles. The van der Waals surface area contributed by atoms with Crippen molar-refractivity contribution in [2.24, 2.45) is 23.2 Å². The molecule has 1 saturated carbocycles. The number of carboxylic acids is 1. The largest absolute Gasteiger partial charge is 0.481 e. The molecule has 0 saturated heterocycles. The number of Topliss-reactive ketones (excluding diaryl/α,β-unsaturated/α-hetero) is 3. The third-order valence-electron chi connectivity index (χ3n) is 11.2. The molecule has 0 amide bonds. The lowest BCUT2D eigenvalue weighted by Gasteiger charge is -2.37. The van der Waals surface area contributed by atoms with Crippen molar-refractivity contribution in [3.63, 3.8) is 0 Å². The Morgan fingerprint density at radius 1 is 0.839 bits per heavy atom. The second-order valence-corrected chi connectivity index (χ2v) is 16.1. The quantitative estimate of drug-likeness (QED) is 0.0683. The molecule has 0 radical (unpaired) electrons. The van der Waals surface area contributed by atoms with Gasteiger partial charge >= 0.3 is 35.8 Å². The maximum atomic E-state index is 15.3. The first-order valence-corrected chi connectivity index (χ1v) is 20.2. The number of carbonyl (C=O) groups excluding carboxylic acids is 8. The SMILES string of the molecule is C[C@H](O)[C@H](O)/C=C/C(=O)O[C@@H](C)CCC(=O)C[C@@H](C(=O)O)[C@@]12C(=O)O[C@@H](C)[C@H](O)C=CC(=O)O[C@@H](C)CC[C@@](O)(C1=O)[C@H]1C(=O)CC[C@H](C)OC(=O)C=C[C@@H](O)[C@H](C)OC(=O)[C@@H]12. The molecule has 20 nitrogen and oxygen atoms in total. The number of carboxylic acid groups (broad SMARTS) is 1. The Morgan fingerprint density at radius 3 is 1.94 bits per heavy atom. The highest BCUT2D eigenvalue weighted by Crippen LogP contribution is 2.58. The van der Waals surface area contributed by atoms with Crippen molar-refractivity contribution >= 4 is 53.2 Å². The molecule has 0 spiro atoms. The molecule has 344 valence electrons. The molecule has 20 heteroatoms. The molecule has 2 heterocycles. The van der Waals surface area contributed by atoms with Gasteiger partial charge in [-0.15, -0.1) is 0 Å². The van der Waals surface area contributed by atoms with E-state index in [2.05, 4.69) is 0 Å². The molecule has 6 N–H and O–H groups in total. The van der Waals surface area contributed by atoms with Crippen molar-refractivity contribution in [2.75, 3.05) is 0 Å². The van der Waals surface area contributed by atoms with Gasteiger partial charge in [0, 0.05) is 37.5 Å². The number of hydrogen-bond donors (Lipinski definition) is 6. The molecule has 1 aliphatic carbocycles. The monoisotopic (exact) mass is 880 g/mol. The zero-order valence-corrected chi connectivity index (χ0v) is 35.2. The average molecular weight is 881 g/mol. The van der Waals surface area contributed by atoms with Crippen molar-refractivity contribution in [3.05, 3.63) is 36.5 Å². The molecule has 2 bridgehead atoms. The first-order valence-electron chi connectivity index (χ1n) is 20.2. The Balaban J connectivity index is 2.29. The van der Waals surface area contributed by atoms with Crippen LogP contribution >= 0.6 is 0 Å². The maximum absolute atomic E-state index is 15.3. The Kier molecular flexibility index (Phi) is 18.0. The van der Waals surface area contributed by atoms with E-state index in [-0.39, 0.29) is 12.8 Å². The summed E-state index contributed by atoms with van der Waals surface area (Å²) in [6, 6.07) is 0. The van der Waals surface area contributed by atoms with Gasteiger partial charge in [-0.2, -0.15) is 0 Å². The van der Waals surface area contributed by atoms with Gasteiger partial charge in [-0.05, 0) is 85.5 Å². The van der Waals surface area contributed by atoms with E-state index < -0.39 is 169 Å². The van der Waals surface area contributed by atoms with Crippen LogP contribution in [0, 0.1) is 23.2 Å². The number of hydrogen-bond acceptors (Lipinski definition) is 19. The van der Waals surface area contributed by atoms with E-state index in [1.807, 2.05) is 0 Å². The summed E-state index contributed by atoms with van der Waals surface area (Å²) >= 11 is 0. The summed E-state index contributed by atoms with van der Waals surface area (Å²) in [5, 5.41) is 64.4. The van der Waals surface area contributed by atoms with Crippen LogP contribution in [-0.2, 0) is 66.8 Å². The first kappa shape index (κ1) is 51.2. The summed E-state index contributed by atoms with van der Waals surface area (Å²) < 4.78 is 26.8. The van der Waals surface area contributed by atoms with Crippen LogP contribution in [0.5, 0.6) is 0 Å². The van der Waals surface area contributed by atoms with Crippen LogP contribution in [0.2, 0.25) is 0 Å². The highest BCUT2D eigenvalue weighted by atomic mass is 16.6. The zero-order valence-electron chi connectivity index (χ0n) is 35.2. The third-order valence-corrected chi connectivity index (χ3v) is 11.2. The molecule has 3 rings (SSSR count). The Hall–Kier alpha value is -5.15. The Morgan fingerprint density at radius 2 is 1.39 bits per heavy atom. The highest BCUT2D eigenvalue weighted by Gasteiger charge is 2.78. The number of fused-ring (bicyclic) bond motifs is 5. The van der Waals surface area contributed by atoms with Crippen LogP contribution in [0.15, 0.2) is 36.5 Å². The average Bonchev–Trinajstić information content (AvgIpc) is 3.40. The predicted octanol–water partition coefficient (Wildman–Crippen LogP) is -0.0935. The number of aliphatic hydroxyl groups is 5. The van der Waals surface area contributed by atoms with Crippen LogP contribution in [0.25, 0.3) is 0 Å². The van der Waals surface area contributed by atoms with E-state index in [4.69, 9.17) is 23.7 Å². The zero-order chi connectivity index (χ0) is 46.9. The summed E-state index contributed by atoms with van der Waals surface area (Å²) in [5.41, 5.74) is -6.62. The van der Waals surface area contributed by atoms with Gasteiger partial charge in [-0.3, -0.25) is 28.8 Å². The van der Waals surface area contributed by atoms with Crippen molar-refractivity contribution in [3.8, 4) is 0 Å². The van der Waals surface area contributed by atoms with E-state index in [0.717, 1.165) is 50.3 Å². The van der Waals surface area contributed by atoms with Gasteiger partial charge in [0.2, 0.25) is 0 Å². The molecule has 2 aliphatic heterocycles. The number of ether oxygens (including phenoxy) is 5. The summed E-state index contributed by atoms with van der Waals surface area (Å²) in [7, 11) is 0. The minimum absolute atomic E-state index is 0.260. The molecule has 3 aliphatic rings. The topological polar surface area (TPSA) is 321 Å². The smallest absolute Gasteiger partial charge is 0.330 e.